The van der Waals surface area contributed by atoms with Crippen molar-refractivity contribution in [2.24, 2.45) is 5.92 Å². The van der Waals surface area contributed by atoms with Crippen LogP contribution in [-0.2, 0) is 0 Å². The highest BCUT2D eigenvalue weighted by atomic mass is 35.5. The molecule has 0 spiro atoms. The minimum Gasteiger partial charge on any atom is -0.318 e. The average molecular weight is 362 g/mol. The van der Waals surface area contributed by atoms with Gasteiger partial charge < -0.3 is 4.90 Å². The molecular weight excluding hydrogens is 345 g/mol. The third-order valence-electron chi connectivity index (χ3n) is 4.87. The number of nitrogens with zero attached hydrogens (tertiary/aromatic N) is 4. The van der Waals surface area contributed by atoms with Gasteiger partial charge >= 0.3 is 6.03 Å². The lowest BCUT2D eigenvalue weighted by atomic mass is 9.74. The van der Waals surface area contributed by atoms with Crippen molar-refractivity contribution in [2.45, 2.75) is 38.3 Å². The van der Waals surface area contributed by atoms with Gasteiger partial charge in [-0.15, -0.1) is 0 Å². The zero-order chi connectivity index (χ0) is 17.6. The molecule has 1 N–H and O–H groups in total. The van der Waals surface area contributed by atoms with Crippen LogP contribution in [0, 0.1) is 11.7 Å². The van der Waals surface area contributed by atoms with Gasteiger partial charge in [0.05, 0.1) is 17.4 Å². The normalized spacial score (nSPS) is 24.6. The number of pyridine rings is 1. The lowest BCUT2D eigenvalue weighted by Gasteiger charge is -2.54. The molecule has 5 rings (SSSR count). The number of amides is 2. The van der Waals surface area contributed by atoms with Crippen LogP contribution < -0.4 is 5.32 Å². The molecule has 2 amide bonds. The first-order chi connectivity index (χ1) is 12.0. The van der Waals surface area contributed by atoms with Crippen LogP contribution in [0.5, 0.6) is 0 Å². The van der Waals surface area contributed by atoms with E-state index in [4.69, 9.17) is 11.6 Å². The first-order valence-corrected chi connectivity index (χ1v) is 8.62. The summed E-state index contributed by atoms with van der Waals surface area (Å²) < 4.78 is 13.0. The Morgan fingerprint density at radius 2 is 1.88 bits per heavy atom. The lowest BCUT2D eigenvalue weighted by Crippen LogP contribution is -2.63. The quantitative estimate of drug-likeness (QED) is 0.884. The van der Waals surface area contributed by atoms with Gasteiger partial charge in [-0.2, -0.15) is 0 Å². The molecular formula is C17H17ClFN5O. The molecule has 1 saturated carbocycles. The standard InChI is InChI=1S/C17H17ClFN5O/c1-9-2-11-4-12(3-9)24(11)17(25)23-15-5-13(14(18)8-20-15)16-21-6-10(19)7-22-16/h5-9,11-12H,2-4H2,1H3,(H,20,23,25). The summed E-state index contributed by atoms with van der Waals surface area (Å²) in [5.74, 6) is 0.791. The number of hydrogen-bond acceptors (Lipinski definition) is 4. The molecule has 3 aliphatic rings. The van der Waals surface area contributed by atoms with Gasteiger partial charge in [-0.25, -0.2) is 24.1 Å². The summed E-state index contributed by atoms with van der Waals surface area (Å²) in [5, 5.41) is 3.16. The molecule has 130 valence electrons. The molecule has 25 heavy (non-hydrogen) atoms. The van der Waals surface area contributed by atoms with Crippen molar-refractivity contribution < 1.29 is 9.18 Å². The predicted octanol–water partition coefficient (Wildman–Crippen LogP) is 3.74. The molecule has 2 bridgehead atoms. The van der Waals surface area contributed by atoms with Gasteiger partial charge in [-0.05, 0) is 31.2 Å². The number of hydrogen-bond donors (Lipinski definition) is 1. The number of rotatable bonds is 2. The monoisotopic (exact) mass is 361 g/mol. The fourth-order valence-corrected chi connectivity index (χ4v) is 3.97. The molecule has 8 heteroatoms. The topological polar surface area (TPSA) is 71.0 Å². The summed E-state index contributed by atoms with van der Waals surface area (Å²) in [6.07, 6.45) is 6.75. The Morgan fingerprint density at radius 3 is 2.56 bits per heavy atom. The molecule has 3 fully saturated rings. The van der Waals surface area contributed by atoms with Crippen molar-refractivity contribution in [3.63, 3.8) is 0 Å². The van der Waals surface area contributed by atoms with Crippen molar-refractivity contribution in [2.75, 3.05) is 5.32 Å². The molecule has 2 aromatic rings. The minimum absolute atomic E-state index is 0.144. The van der Waals surface area contributed by atoms with Gasteiger partial charge in [0.25, 0.3) is 0 Å². The zero-order valence-corrected chi connectivity index (χ0v) is 14.4. The van der Waals surface area contributed by atoms with Gasteiger partial charge in [-0.1, -0.05) is 18.5 Å². The maximum absolute atomic E-state index is 13.0. The molecule has 1 aliphatic carbocycles. The zero-order valence-electron chi connectivity index (χ0n) is 13.6. The number of fused-ring (bicyclic) bond motifs is 2. The highest BCUT2D eigenvalue weighted by Gasteiger charge is 2.46. The SMILES string of the molecule is CC1CC2CC(C1)N2C(=O)Nc1cc(-c2ncc(F)cn2)c(Cl)cn1. The lowest BCUT2D eigenvalue weighted by molar-refractivity contribution is -0.00603. The molecule has 4 heterocycles. The highest BCUT2D eigenvalue weighted by Crippen LogP contribution is 2.41. The molecule has 0 radical (unpaired) electrons. The third kappa shape index (κ3) is 3.04. The van der Waals surface area contributed by atoms with E-state index in [9.17, 15) is 9.18 Å². The van der Waals surface area contributed by atoms with Crippen molar-refractivity contribution in [1.29, 1.82) is 0 Å². The molecule has 2 saturated heterocycles. The van der Waals surface area contributed by atoms with Crippen LogP contribution in [0.3, 0.4) is 0 Å². The Hall–Kier alpha value is -2.28. The number of carbonyl (C=O) groups is 1. The Kier molecular flexibility index (Phi) is 4.03. The number of urea groups is 1. The first kappa shape index (κ1) is 16.2. The van der Waals surface area contributed by atoms with Gasteiger partial charge in [0.15, 0.2) is 11.6 Å². The van der Waals surface area contributed by atoms with E-state index in [1.807, 2.05) is 4.90 Å². The van der Waals surface area contributed by atoms with E-state index in [1.165, 1.54) is 6.20 Å². The van der Waals surface area contributed by atoms with E-state index in [-0.39, 0.29) is 11.9 Å². The summed E-state index contributed by atoms with van der Waals surface area (Å²) in [6, 6.07) is 2.10. The number of halogens is 2. The van der Waals surface area contributed by atoms with Crippen LogP contribution in [0.1, 0.15) is 26.2 Å². The van der Waals surface area contributed by atoms with Crippen LogP contribution in [0.4, 0.5) is 15.0 Å². The maximum Gasteiger partial charge on any atom is 0.323 e. The summed E-state index contributed by atoms with van der Waals surface area (Å²) in [5.41, 5.74) is 0.490. The Balaban J connectivity index is 1.53. The van der Waals surface area contributed by atoms with Gasteiger partial charge in [0, 0.05) is 23.8 Å². The number of aromatic nitrogens is 3. The number of anilines is 1. The summed E-state index contributed by atoms with van der Waals surface area (Å²) in [7, 11) is 0. The van der Waals surface area contributed by atoms with E-state index >= 15 is 0 Å². The van der Waals surface area contributed by atoms with E-state index < -0.39 is 5.82 Å². The summed E-state index contributed by atoms with van der Waals surface area (Å²) in [6.45, 7) is 2.23. The first-order valence-electron chi connectivity index (χ1n) is 8.24. The fraction of sp³-hybridized carbons (Fsp3) is 0.412. The molecule has 0 aromatic carbocycles. The highest BCUT2D eigenvalue weighted by molar-refractivity contribution is 6.33. The minimum atomic E-state index is -0.527. The predicted molar refractivity (Wildman–Crippen MR) is 91.7 cm³/mol. The van der Waals surface area contributed by atoms with Crippen molar-refractivity contribution >= 4 is 23.4 Å². The second-order valence-corrected chi connectivity index (χ2v) is 7.14. The van der Waals surface area contributed by atoms with Crippen LogP contribution in [0.2, 0.25) is 5.02 Å². The second-order valence-electron chi connectivity index (χ2n) is 6.73. The fourth-order valence-electron chi connectivity index (χ4n) is 3.78. The summed E-state index contributed by atoms with van der Waals surface area (Å²) >= 11 is 6.14. The van der Waals surface area contributed by atoms with Gasteiger partial charge in [-0.3, -0.25) is 5.32 Å². The van der Waals surface area contributed by atoms with Crippen molar-refractivity contribution in [1.82, 2.24) is 19.9 Å². The van der Waals surface area contributed by atoms with Crippen molar-refractivity contribution in [3.05, 3.63) is 35.5 Å². The molecule has 2 aromatic heterocycles. The van der Waals surface area contributed by atoms with E-state index in [0.717, 1.165) is 31.7 Å². The van der Waals surface area contributed by atoms with Crippen LogP contribution >= 0.6 is 11.6 Å². The van der Waals surface area contributed by atoms with E-state index in [0.29, 0.717) is 34.4 Å². The number of carbonyl (C=O) groups excluding carboxylic acids is 1. The van der Waals surface area contributed by atoms with Gasteiger partial charge in [0.2, 0.25) is 0 Å². The Bertz CT molecular complexity index is 803. The summed E-state index contributed by atoms with van der Waals surface area (Å²) in [4.78, 5) is 26.5. The molecule has 2 aliphatic heterocycles. The number of piperidine rings is 1. The van der Waals surface area contributed by atoms with Crippen LogP contribution in [-0.4, -0.2) is 38.0 Å². The maximum atomic E-state index is 13.0. The molecule has 2 unspecified atom stereocenters. The average Bonchev–Trinajstić information content (AvgIpc) is 2.57. The molecule has 2 atom stereocenters. The van der Waals surface area contributed by atoms with Gasteiger partial charge in [0.1, 0.15) is 5.82 Å². The van der Waals surface area contributed by atoms with Crippen molar-refractivity contribution in [3.8, 4) is 11.4 Å². The Morgan fingerprint density at radius 1 is 1.20 bits per heavy atom. The van der Waals surface area contributed by atoms with E-state index in [1.54, 1.807) is 6.07 Å². The van der Waals surface area contributed by atoms with Crippen LogP contribution in [0.25, 0.3) is 11.4 Å². The second kappa shape index (κ2) is 6.22. The number of nitrogens with one attached hydrogen (secondary N) is 1. The smallest absolute Gasteiger partial charge is 0.318 e. The largest absolute Gasteiger partial charge is 0.323 e. The molecule has 6 nitrogen and oxygen atoms in total. The third-order valence-corrected chi connectivity index (χ3v) is 5.17. The van der Waals surface area contributed by atoms with Crippen LogP contribution in [0.15, 0.2) is 24.7 Å². The van der Waals surface area contributed by atoms with E-state index in [2.05, 4.69) is 27.2 Å². The Labute approximate surface area is 149 Å².